The van der Waals surface area contributed by atoms with Gasteiger partial charge in [0.05, 0.1) is 18.4 Å². The Balaban J connectivity index is 1.74. The third-order valence-corrected chi connectivity index (χ3v) is 3.41. The summed E-state index contributed by atoms with van der Waals surface area (Å²) in [6, 6.07) is 15.9. The van der Waals surface area contributed by atoms with Crippen molar-refractivity contribution in [2.24, 2.45) is 5.16 Å². The lowest BCUT2D eigenvalue weighted by Gasteiger charge is -2.06. The quantitative estimate of drug-likeness (QED) is 0.323. The molecule has 0 aliphatic carbocycles. The highest BCUT2D eigenvalue weighted by molar-refractivity contribution is 5.93. The zero-order chi connectivity index (χ0) is 18.6. The van der Waals surface area contributed by atoms with Crippen molar-refractivity contribution in [3.05, 3.63) is 65.7 Å². The summed E-state index contributed by atoms with van der Waals surface area (Å²) < 4.78 is 5.13. The van der Waals surface area contributed by atoms with Gasteiger partial charge in [0.2, 0.25) is 0 Å². The van der Waals surface area contributed by atoms with E-state index < -0.39 is 0 Å². The molecule has 6 nitrogen and oxygen atoms in total. The molecule has 0 aliphatic rings. The number of unbranched alkanes of at least 4 members (excludes halogenated alkanes) is 1. The summed E-state index contributed by atoms with van der Waals surface area (Å²) in [6.07, 6.45) is 3.34. The van der Waals surface area contributed by atoms with E-state index in [4.69, 9.17) is 9.57 Å². The van der Waals surface area contributed by atoms with Crippen molar-refractivity contribution in [3.8, 4) is 0 Å². The molecule has 0 bridgehead atoms. The smallest absolute Gasteiger partial charge is 0.338 e. The van der Waals surface area contributed by atoms with Crippen LogP contribution >= 0.6 is 0 Å². The SMILES string of the molecule is CCCCOC(=O)c1ccc(NC(=O)CO/N=C/c2ccccc2)cc1. The zero-order valence-electron chi connectivity index (χ0n) is 14.7. The molecule has 0 spiro atoms. The topological polar surface area (TPSA) is 77.0 Å². The minimum atomic E-state index is -0.366. The van der Waals surface area contributed by atoms with Gasteiger partial charge in [0.25, 0.3) is 5.91 Å². The Bertz CT molecular complexity index is 727. The van der Waals surface area contributed by atoms with Gasteiger partial charge >= 0.3 is 5.97 Å². The van der Waals surface area contributed by atoms with Crippen LogP contribution in [0, 0.1) is 0 Å². The Labute approximate surface area is 152 Å². The zero-order valence-corrected chi connectivity index (χ0v) is 14.7. The van der Waals surface area contributed by atoms with Gasteiger partial charge in [-0.2, -0.15) is 0 Å². The molecule has 0 aromatic heterocycles. The maximum atomic E-state index is 11.8. The highest BCUT2D eigenvalue weighted by Crippen LogP contribution is 2.11. The fourth-order valence-corrected chi connectivity index (χ4v) is 2.01. The molecule has 0 aliphatic heterocycles. The van der Waals surface area contributed by atoms with E-state index in [9.17, 15) is 9.59 Å². The number of nitrogens with zero attached hydrogens (tertiary/aromatic N) is 1. The summed E-state index contributed by atoms with van der Waals surface area (Å²) in [6.45, 7) is 2.24. The van der Waals surface area contributed by atoms with E-state index in [1.54, 1.807) is 24.3 Å². The van der Waals surface area contributed by atoms with E-state index in [-0.39, 0.29) is 18.5 Å². The van der Waals surface area contributed by atoms with Gasteiger partial charge in [-0.3, -0.25) is 4.79 Å². The molecule has 0 saturated carbocycles. The number of anilines is 1. The van der Waals surface area contributed by atoms with Gasteiger partial charge in [-0.25, -0.2) is 4.79 Å². The second-order valence-electron chi connectivity index (χ2n) is 5.53. The van der Waals surface area contributed by atoms with E-state index in [2.05, 4.69) is 10.5 Å². The molecule has 0 fully saturated rings. The number of oxime groups is 1. The largest absolute Gasteiger partial charge is 0.462 e. The molecule has 136 valence electrons. The van der Waals surface area contributed by atoms with Gasteiger partial charge in [-0.05, 0) is 36.2 Å². The minimum Gasteiger partial charge on any atom is -0.462 e. The van der Waals surface area contributed by atoms with Crippen molar-refractivity contribution in [1.29, 1.82) is 0 Å². The van der Waals surface area contributed by atoms with E-state index in [1.807, 2.05) is 37.3 Å². The third-order valence-electron chi connectivity index (χ3n) is 3.41. The Kier molecular flexibility index (Phi) is 7.86. The number of amides is 1. The van der Waals surface area contributed by atoms with Crippen LogP contribution in [0.1, 0.15) is 35.7 Å². The molecule has 1 N–H and O–H groups in total. The van der Waals surface area contributed by atoms with Gasteiger partial charge in [-0.15, -0.1) is 0 Å². The molecular formula is C20H22N2O4. The fraction of sp³-hybridized carbons (Fsp3) is 0.250. The molecule has 0 saturated heterocycles. The van der Waals surface area contributed by atoms with E-state index in [0.29, 0.717) is 17.9 Å². The molecule has 2 rings (SSSR count). The summed E-state index contributed by atoms with van der Waals surface area (Å²) in [5, 5.41) is 6.42. The Morgan fingerprint density at radius 3 is 2.50 bits per heavy atom. The second-order valence-corrected chi connectivity index (χ2v) is 5.53. The molecule has 0 radical (unpaired) electrons. The van der Waals surface area contributed by atoms with Crippen LogP contribution < -0.4 is 5.32 Å². The lowest BCUT2D eigenvalue weighted by molar-refractivity contribution is -0.120. The monoisotopic (exact) mass is 354 g/mol. The van der Waals surface area contributed by atoms with Gasteiger partial charge in [0.1, 0.15) is 0 Å². The Morgan fingerprint density at radius 2 is 1.81 bits per heavy atom. The highest BCUT2D eigenvalue weighted by Gasteiger charge is 2.08. The molecule has 0 heterocycles. The molecule has 2 aromatic rings. The summed E-state index contributed by atoms with van der Waals surface area (Å²) in [4.78, 5) is 28.6. The van der Waals surface area contributed by atoms with Crippen LogP contribution in [0.3, 0.4) is 0 Å². The van der Waals surface area contributed by atoms with Gasteiger partial charge < -0.3 is 14.9 Å². The number of benzene rings is 2. The number of hydrogen-bond acceptors (Lipinski definition) is 5. The summed E-state index contributed by atoms with van der Waals surface area (Å²) >= 11 is 0. The molecule has 6 heteroatoms. The van der Waals surface area contributed by atoms with Crippen molar-refractivity contribution >= 4 is 23.8 Å². The van der Waals surface area contributed by atoms with Crippen molar-refractivity contribution in [2.45, 2.75) is 19.8 Å². The van der Waals surface area contributed by atoms with Gasteiger partial charge in [0.15, 0.2) is 6.61 Å². The number of esters is 1. The highest BCUT2D eigenvalue weighted by atomic mass is 16.6. The van der Waals surface area contributed by atoms with E-state index >= 15 is 0 Å². The van der Waals surface area contributed by atoms with Crippen LogP contribution in [0.5, 0.6) is 0 Å². The average molecular weight is 354 g/mol. The molecule has 2 aromatic carbocycles. The summed E-state index contributed by atoms with van der Waals surface area (Å²) in [5.74, 6) is -0.705. The van der Waals surface area contributed by atoms with Crippen LogP contribution in [0.4, 0.5) is 5.69 Å². The normalized spacial score (nSPS) is 10.5. The summed E-state index contributed by atoms with van der Waals surface area (Å²) in [7, 11) is 0. The first-order valence-electron chi connectivity index (χ1n) is 8.46. The molecule has 1 amide bonds. The first kappa shape index (κ1) is 19.2. The Hall–Kier alpha value is -3.15. The number of nitrogens with one attached hydrogen (secondary N) is 1. The lowest BCUT2D eigenvalue weighted by atomic mass is 10.2. The van der Waals surface area contributed by atoms with Crippen LogP contribution in [-0.4, -0.2) is 31.3 Å². The third kappa shape index (κ3) is 6.76. The van der Waals surface area contributed by atoms with E-state index in [1.165, 1.54) is 6.21 Å². The Morgan fingerprint density at radius 1 is 1.08 bits per heavy atom. The van der Waals surface area contributed by atoms with Gasteiger partial charge in [-0.1, -0.05) is 48.8 Å². The number of ether oxygens (including phenoxy) is 1. The lowest BCUT2D eigenvalue weighted by Crippen LogP contribution is -2.17. The van der Waals surface area contributed by atoms with E-state index in [0.717, 1.165) is 18.4 Å². The number of carbonyl (C=O) groups excluding carboxylic acids is 2. The van der Waals surface area contributed by atoms with Crippen LogP contribution in [0.2, 0.25) is 0 Å². The first-order valence-corrected chi connectivity index (χ1v) is 8.46. The van der Waals surface area contributed by atoms with Crippen LogP contribution in [-0.2, 0) is 14.4 Å². The molecular weight excluding hydrogens is 332 g/mol. The second kappa shape index (κ2) is 10.7. The molecule has 0 unspecified atom stereocenters. The molecule has 0 atom stereocenters. The summed E-state index contributed by atoms with van der Waals surface area (Å²) in [5.41, 5.74) is 1.90. The maximum absolute atomic E-state index is 11.8. The van der Waals surface area contributed by atoms with Crippen molar-refractivity contribution in [3.63, 3.8) is 0 Å². The predicted octanol–water partition coefficient (Wildman–Crippen LogP) is 3.63. The van der Waals surface area contributed by atoms with Crippen molar-refractivity contribution in [2.75, 3.05) is 18.5 Å². The first-order chi connectivity index (χ1) is 12.7. The predicted molar refractivity (Wildman–Crippen MR) is 100 cm³/mol. The number of rotatable bonds is 9. The molecule has 26 heavy (non-hydrogen) atoms. The van der Waals surface area contributed by atoms with Crippen molar-refractivity contribution < 1.29 is 19.2 Å². The number of carbonyl (C=O) groups is 2. The average Bonchev–Trinajstić information content (AvgIpc) is 2.67. The van der Waals surface area contributed by atoms with Crippen LogP contribution in [0.25, 0.3) is 0 Å². The fourth-order valence-electron chi connectivity index (χ4n) is 2.01. The maximum Gasteiger partial charge on any atom is 0.338 e. The van der Waals surface area contributed by atoms with Crippen LogP contribution in [0.15, 0.2) is 59.8 Å². The van der Waals surface area contributed by atoms with Gasteiger partial charge in [0, 0.05) is 5.69 Å². The van der Waals surface area contributed by atoms with Crippen molar-refractivity contribution in [1.82, 2.24) is 0 Å². The number of hydrogen-bond donors (Lipinski definition) is 1. The standard InChI is InChI=1S/C20H22N2O4/c1-2-3-13-25-20(24)17-9-11-18(12-10-17)22-19(23)15-26-21-14-16-7-5-4-6-8-16/h4-12,14H,2-3,13,15H2,1H3,(H,22,23)/b21-14+. The minimum absolute atomic E-state index is 0.204.